The van der Waals surface area contributed by atoms with E-state index < -0.39 is 0 Å². The second kappa shape index (κ2) is 7.88. The number of aromatic nitrogens is 1. The quantitative estimate of drug-likeness (QED) is 0.822. The monoisotopic (exact) mass is 383 g/mol. The number of hydrogen-bond acceptors (Lipinski definition) is 4. The summed E-state index contributed by atoms with van der Waals surface area (Å²) < 4.78 is 5.18. The second-order valence-corrected chi connectivity index (χ2v) is 7.00. The molecule has 1 N–H and O–H groups in total. The van der Waals surface area contributed by atoms with E-state index in [4.69, 9.17) is 4.74 Å². The molecule has 7 nitrogen and oxygen atoms in total. The first kappa shape index (κ1) is 19.7. The minimum absolute atomic E-state index is 0.0565. The minimum Gasteiger partial charge on any atom is -0.497 e. The van der Waals surface area contributed by atoms with Crippen LogP contribution in [0.5, 0.6) is 5.75 Å². The average Bonchev–Trinajstić information content (AvgIpc) is 3.01. The van der Waals surface area contributed by atoms with Crippen LogP contribution in [0.25, 0.3) is 0 Å². The van der Waals surface area contributed by atoms with Gasteiger partial charge in [-0.15, -0.1) is 0 Å². The number of nitrogens with one attached hydrogen (secondary N) is 1. The van der Waals surface area contributed by atoms with Gasteiger partial charge in [-0.05, 0) is 44.5 Å². The number of Topliss-reactive ketones (excluding diaryl/α,β-unsaturated/α-hetero) is 1. The van der Waals surface area contributed by atoms with Crippen molar-refractivity contribution in [2.75, 3.05) is 33.3 Å². The van der Waals surface area contributed by atoms with E-state index in [-0.39, 0.29) is 17.6 Å². The molecular formula is C21H25N3O4. The number of aryl methyl sites for hydroxylation is 1. The van der Waals surface area contributed by atoms with Crippen molar-refractivity contribution in [2.45, 2.75) is 20.8 Å². The number of ether oxygens (including phenoxy) is 1. The Bertz CT molecular complexity index is 924. The van der Waals surface area contributed by atoms with Crippen molar-refractivity contribution in [3.05, 3.63) is 52.3 Å². The molecule has 1 fully saturated rings. The van der Waals surface area contributed by atoms with Gasteiger partial charge in [0.15, 0.2) is 5.78 Å². The highest BCUT2D eigenvalue weighted by Gasteiger charge is 2.28. The van der Waals surface area contributed by atoms with Crippen LogP contribution in [0.3, 0.4) is 0 Å². The third kappa shape index (κ3) is 3.65. The number of piperazine rings is 1. The summed E-state index contributed by atoms with van der Waals surface area (Å²) in [6.07, 6.45) is 0. The van der Waals surface area contributed by atoms with Crippen LogP contribution in [0, 0.1) is 13.8 Å². The number of rotatable bonds is 4. The lowest BCUT2D eigenvalue weighted by molar-refractivity contribution is 0.0532. The van der Waals surface area contributed by atoms with Crippen LogP contribution < -0.4 is 4.74 Å². The molecule has 0 spiro atoms. The molecule has 2 amide bonds. The normalized spacial score (nSPS) is 14.1. The second-order valence-electron chi connectivity index (χ2n) is 7.00. The van der Waals surface area contributed by atoms with Crippen molar-refractivity contribution in [3.8, 4) is 5.75 Å². The molecule has 1 aliphatic rings. The fraction of sp³-hybridized carbons (Fsp3) is 0.381. The summed E-state index contributed by atoms with van der Waals surface area (Å²) in [6, 6.07) is 7.06. The Hall–Kier alpha value is -3.09. The Morgan fingerprint density at radius 1 is 1.00 bits per heavy atom. The highest BCUT2D eigenvalue weighted by Crippen LogP contribution is 2.21. The van der Waals surface area contributed by atoms with Crippen LogP contribution >= 0.6 is 0 Å². The van der Waals surface area contributed by atoms with E-state index in [2.05, 4.69) is 4.98 Å². The lowest BCUT2D eigenvalue weighted by Gasteiger charge is -2.34. The molecule has 2 aromatic rings. The summed E-state index contributed by atoms with van der Waals surface area (Å²) in [6.45, 7) is 6.89. The van der Waals surface area contributed by atoms with Gasteiger partial charge < -0.3 is 19.5 Å². The number of hydrogen-bond donors (Lipinski definition) is 1. The Morgan fingerprint density at radius 2 is 1.61 bits per heavy atom. The lowest BCUT2D eigenvalue weighted by atomic mass is 10.1. The smallest absolute Gasteiger partial charge is 0.270 e. The van der Waals surface area contributed by atoms with Gasteiger partial charge >= 0.3 is 0 Å². The van der Waals surface area contributed by atoms with Crippen molar-refractivity contribution in [1.29, 1.82) is 0 Å². The number of nitrogens with zero attached hydrogens (tertiary/aromatic N) is 2. The van der Waals surface area contributed by atoms with Crippen molar-refractivity contribution >= 4 is 17.6 Å². The van der Waals surface area contributed by atoms with Gasteiger partial charge in [-0.25, -0.2) is 0 Å². The Kier molecular flexibility index (Phi) is 5.53. The molecule has 3 rings (SSSR count). The van der Waals surface area contributed by atoms with Gasteiger partial charge in [0.2, 0.25) is 0 Å². The highest BCUT2D eigenvalue weighted by molar-refractivity contribution is 6.02. The molecule has 0 aliphatic carbocycles. The number of benzene rings is 1. The van der Waals surface area contributed by atoms with E-state index in [1.807, 2.05) is 0 Å². The number of ketones is 1. The number of methoxy groups -OCH3 is 1. The molecule has 0 unspecified atom stereocenters. The number of aromatic amines is 1. The number of amides is 2. The topological polar surface area (TPSA) is 82.7 Å². The first-order valence-corrected chi connectivity index (χ1v) is 9.26. The summed E-state index contributed by atoms with van der Waals surface area (Å²) in [4.78, 5) is 43.9. The zero-order valence-electron chi connectivity index (χ0n) is 16.7. The molecule has 1 aliphatic heterocycles. The molecular weight excluding hydrogens is 358 g/mol. The standard InChI is InChI=1S/C21H25N3O4/c1-13-18(15(3)25)14(2)22-19(13)21(27)24-10-8-23(9-11-24)20(26)16-6-5-7-17(12-16)28-4/h5-7,12,22H,8-11H2,1-4H3. The van der Waals surface area contributed by atoms with E-state index in [0.717, 1.165) is 0 Å². The van der Waals surface area contributed by atoms with Crippen LogP contribution in [-0.2, 0) is 0 Å². The van der Waals surface area contributed by atoms with Gasteiger partial charge in [0, 0.05) is 43.0 Å². The van der Waals surface area contributed by atoms with Gasteiger partial charge in [0.05, 0.1) is 7.11 Å². The zero-order chi connectivity index (χ0) is 20.4. The van der Waals surface area contributed by atoms with Gasteiger partial charge in [-0.1, -0.05) is 6.07 Å². The minimum atomic E-state index is -0.137. The third-order valence-electron chi connectivity index (χ3n) is 5.17. The molecule has 2 heterocycles. The molecule has 0 radical (unpaired) electrons. The molecule has 0 bridgehead atoms. The fourth-order valence-corrected chi connectivity index (χ4v) is 3.70. The van der Waals surface area contributed by atoms with Gasteiger partial charge in [0.25, 0.3) is 11.8 Å². The van der Waals surface area contributed by atoms with E-state index in [9.17, 15) is 14.4 Å². The Morgan fingerprint density at radius 3 is 2.14 bits per heavy atom. The van der Waals surface area contributed by atoms with Gasteiger partial charge in [-0.2, -0.15) is 0 Å². The van der Waals surface area contributed by atoms with E-state index in [0.29, 0.717) is 60.0 Å². The van der Waals surface area contributed by atoms with E-state index in [1.165, 1.54) is 6.92 Å². The van der Waals surface area contributed by atoms with Crippen LogP contribution in [0.2, 0.25) is 0 Å². The van der Waals surface area contributed by atoms with E-state index in [1.54, 1.807) is 55.0 Å². The average molecular weight is 383 g/mol. The maximum atomic E-state index is 12.9. The lowest BCUT2D eigenvalue weighted by Crippen LogP contribution is -2.50. The number of carbonyl (C=O) groups excluding carboxylic acids is 3. The summed E-state index contributed by atoms with van der Waals surface area (Å²) in [7, 11) is 1.57. The predicted octanol–water partition coefficient (Wildman–Crippen LogP) is 2.44. The maximum absolute atomic E-state index is 12.9. The molecule has 1 aromatic carbocycles. The first-order chi connectivity index (χ1) is 13.3. The van der Waals surface area contributed by atoms with Gasteiger partial charge in [0.1, 0.15) is 11.4 Å². The van der Waals surface area contributed by atoms with Crippen LogP contribution in [0.15, 0.2) is 24.3 Å². The van der Waals surface area contributed by atoms with Crippen molar-refractivity contribution < 1.29 is 19.1 Å². The van der Waals surface area contributed by atoms with Crippen LogP contribution in [0.4, 0.5) is 0 Å². The summed E-state index contributed by atoms with van der Waals surface area (Å²) in [5.41, 5.74) is 3.00. The SMILES string of the molecule is COc1cccc(C(=O)N2CCN(C(=O)c3[nH]c(C)c(C(C)=O)c3C)CC2)c1. The van der Waals surface area contributed by atoms with E-state index >= 15 is 0 Å². The van der Waals surface area contributed by atoms with Crippen molar-refractivity contribution in [2.24, 2.45) is 0 Å². The largest absolute Gasteiger partial charge is 0.497 e. The summed E-state index contributed by atoms with van der Waals surface area (Å²) in [5, 5.41) is 0. The number of carbonyl (C=O) groups is 3. The molecule has 0 atom stereocenters. The fourth-order valence-electron chi connectivity index (χ4n) is 3.70. The summed E-state index contributed by atoms with van der Waals surface area (Å²) in [5.74, 6) is 0.371. The molecule has 1 aromatic heterocycles. The van der Waals surface area contributed by atoms with Gasteiger partial charge in [-0.3, -0.25) is 14.4 Å². The first-order valence-electron chi connectivity index (χ1n) is 9.26. The molecule has 1 saturated heterocycles. The molecule has 148 valence electrons. The summed E-state index contributed by atoms with van der Waals surface area (Å²) >= 11 is 0. The van der Waals surface area contributed by atoms with Crippen molar-refractivity contribution in [1.82, 2.24) is 14.8 Å². The van der Waals surface area contributed by atoms with Crippen LogP contribution in [-0.4, -0.2) is 65.7 Å². The van der Waals surface area contributed by atoms with Crippen molar-refractivity contribution in [3.63, 3.8) is 0 Å². The highest BCUT2D eigenvalue weighted by atomic mass is 16.5. The third-order valence-corrected chi connectivity index (χ3v) is 5.17. The Balaban J connectivity index is 1.68. The molecule has 0 saturated carbocycles. The molecule has 7 heteroatoms. The Labute approximate surface area is 164 Å². The molecule has 28 heavy (non-hydrogen) atoms. The predicted molar refractivity (Wildman–Crippen MR) is 105 cm³/mol. The van der Waals surface area contributed by atoms with Crippen LogP contribution in [0.1, 0.15) is 49.4 Å². The maximum Gasteiger partial charge on any atom is 0.270 e. The number of H-pyrrole nitrogens is 1. The zero-order valence-corrected chi connectivity index (χ0v) is 16.7.